The summed E-state index contributed by atoms with van der Waals surface area (Å²) in [5.41, 5.74) is 1.28. The highest BCUT2D eigenvalue weighted by atomic mass is 16.5. The van der Waals surface area contributed by atoms with Gasteiger partial charge in [0, 0.05) is 26.2 Å². The Morgan fingerprint density at radius 3 is 2.33 bits per heavy atom. The molecule has 1 aliphatic heterocycles. The Bertz CT molecular complexity index is 844. The van der Waals surface area contributed by atoms with Crippen molar-refractivity contribution >= 4 is 6.03 Å². The van der Waals surface area contributed by atoms with Crippen molar-refractivity contribution in [2.75, 3.05) is 26.2 Å². The van der Waals surface area contributed by atoms with Crippen molar-refractivity contribution in [3.8, 4) is 0 Å². The maximum atomic E-state index is 12.9. The van der Waals surface area contributed by atoms with Gasteiger partial charge in [-0.25, -0.2) is 4.79 Å². The van der Waals surface area contributed by atoms with Gasteiger partial charge in [-0.3, -0.25) is 4.90 Å². The molecule has 1 atom stereocenters. The lowest BCUT2D eigenvalue weighted by atomic mass is 10.2. The number of carbonyl (C=O) groups is 1. The number of furan rings is 2. The molecule has 2 aromatic heterocycles. The number of ether oxygens (including phenoxy) is 1. The standard InChI is InChI=1S/C23H27N3O4/c27-23(26(17-20-8-4-11-28-20)18-21-9-5-12-29-21)24-14-22-16-25(10-13-30-22)15-19-6-2-1-3-7-19/h1-9,11-12,22H,10,13-18H2,(H,24,27). The van der Waals surface area contributed by atoms with E-state index in [-0.39, 0.29) is 12.1 Å². The van der Waals surface area contributed by atoms with Gasteiger partial charge in [0.1, 0.15) is 11.5 Å². The highest BCUT2D eigenvalue weighted by molar-refractivity contribution is 5.74. The van der Waals surface area contributed by atoms with Crippen molar-refractivity contribution in [1.82, 2.24) is 15.1 Å². The molecule has 1 aromatic carbocycles. The van der Waals surface area contributed by atoms with Crippen molar-refractivity contribution in [1.29, 1.82) is 0 Å². The van der Waals surface area contributed by atoms with Gasteiger partial charge >= 0.3 is 6.03 Å². The van der Waals surface area contributed by atoms with Gasteiger partial charge in [-0.1, -0.05) is 30.3 Å². The molecule has 1 fully saturated rings. The average Bonchev–Trinajstić information content (AvgIpc) is 3.47. The van der Waals surface area contributed by atoms with Crippen molar-refractivity contribution in [2.45, 2.75) is 25.7 Å². The Kier molecular flexibility index (Phi) is 6.84. The van der Waals surface area contributed by atoms with Crippen LogP contribution in [0.2, 0.25) is 0 Å². The summed E-state index contributed by atoms with van der Waals surface area (Å²) >= 11 is 0. The van der Waals surface area contributed by atoms with Crippen LogP contribution in [0.4, 0.5) is 4.79 Å². The summed E-state index contributed by atoms with van der Waals surface area (Å²) in [7, 11) is 0. The minimum Gasteiger partial charge on any atom is -0.467 e. The SMILES string of the molecule is O=C(NCC1CN(Cc2ccccc2)CCO1)N(Cc1ccco1)Cc1ccco1. The van der Waals surface area contributed by atoms with Crippen LogP contribution in [0.5, 0.6) is 0 Å². The summed E-state index contributed by atoms with van der Waals surface area (Å²) in [6.45, 7) is 4.41. The Morgan fingerprint density at radius 1 is 1.00 bits per heavy atom. The number of hydrogen-bond donors (Lipinski definition) is 1. The number of morpholine rings is 1. The Hall–Kier alpha value is -3.03. The zero-order valence-electron chi connectivity index (χ0n) is 16.9. The maximum absolute atomic E-state index is 12.9. The second-order valence-corrected chi connectivity index (χ2v) is 7.41. The molecule has 0 spiro atoms. The van der Waals surface area contributed by atoms with E-state index in [2.05, 4.69) is 34.5 Å². The molecular weight excluding hydrogens is 382 g/mol. The summed E-state index contributed by atoms with van der Waals surface area (Å²) in [4.78, 5) is 16.9. The first-order valence-electron chi connectivity index (χ1n) is 10.2. The predicted molar refractivity (Wildman–Crippen MR) is 112 cm³/mol. The highest BCUT2D eigenvalue weighted by Crippen LogP contribution is 2.13. The monoisotopic (exact) mass is 409 g/mol. The molecule has 1 saturated heterocycles. The number of nitrogens with zero attached hydrogens (tertiary/aromatic N) is 2. The minimum absolute atomic E-state index is 0.0412. The van der Waals surface area contributed by atoms with Gasteiger partial charge in [0.15, 0.2) is 0 Å². The average molecular weight is 409 g/mol. The van der Waals surface area contributed by atoms with E-state index in [1.807, 2.05) is 30.3 Å². The number of benzene rings is 1. The van der Waals surface area contributed by atoms with Crippen LogP contribution in [0.15, 0.2) is 76.0 Å². The quantitative estimate of drug-likeness (QED) is 0.617. The summed E-state index contributed by atoms with van der Waals surface area (Å²) in [5, 5.41) is 3.01. The van der Waals surface area contributed by atoms with Crippen molar-refractivity contribution in [2.24, 2.45) is 0 Å². The zero-order valence-corrected chi connectivity index (χ0v) is 16.9. The van der Waals surface area contributed by atoms with E-state index < -0.39 is 0 Å². The molecule has 2 amide bonds. The third-order valence-electron chi connectivity index (χ3n) is 5.09. The molecule has 0 radical (unpaired) electrons. The van der Waals surface area contributed by atoms with Crippen LogP contribution < -0.4 is 5.32 Å². The fourth-order valence-electron chi connectivity index (χ4n) is 3.58. The van der Waals surface area contributed by atoms with Crippen LogP contribution in [0.25, 0.3) is 0 Å². The molecule has 3 aromatic rings. The second kappa shape index (κ2) is 10.1. The van der Waals surface area contributed by atoms with Crippen LogP contribution in [-0.4, -0.2) is 48.2 Å². The Labute approximate surface area is 176 Å². The molecular formula is C23H27N3O4. The molecule has 0 aliphatic carbocycles. The van der Waals surface area contributed by atoms with Gasteiger partial charge < -0.3 is 23.8 Å². The van der Waals surface area contributed by atoms with E-state index in [0.29, 0.717) is 26.2 Å². The number of hydrogen-bond acceptors (Lipinski definition) is 5. The number of amides is 2. The van der Waals surface area contributed by atoms with E-state index >= 15 is 0 Å². The number of nitrogens with one attached hydrogen (secondary N) is 1. The summed E-state index contributed by atoms with van der Waals surface area (Å²) in [6.07, 6.45) is 3.17. The lowest BCUT2D eigenvalue weighted by Crippen LogP contribution is -2.49. The first kappa shape index (κ1) is 20.3. The minimum atomic E-state index is -0.174. The first-order valence-corrected chi connectivity index (χ1v) is 10.2. The smallest absolute Gasteiger partial charge is 0.318 e. The van der Waals surface area contributed by atoms with E-state index in [4.69, 9.17) is 13.6 Å². The fourth-order valence-corrected chi connectivity index (χ4v) is 3.58. The third-order valence-corrected chi connectivity index (χ3v) is 5.09. The number of carbonyl (C=O) groups excluding carboxylic acids is 1. The molecule has 30 heavy (non-hydrogen) atoms. The third kappa shape index (κ3) is 5.75. The van der Waals surface area contributed by atoms with Crippen LogP contribution in [0.1, 0.15) is 17.1 Å². The van der Waals surface area contributed by atoms with Gasteiger partial charge in [-0.2, -0.15) is 0 Å². The topological polar surface area (TPSA) is 71.1 Å². The van der Waals surface area contributed by atoms with Gasteiger partial charge in [0.25, 0.3) is 0 Å². The zero-order chi connectivity index (χ0) is 20.6. The van der Waals surface area contributed by atoms with Crippen LogP contribution in [0.3, 0.4) is 0 Å². The molecule has 0 bridgehead atoms. The largest absolute Gasteiger partial charge is 0.467 e. The first-order chi connectivity index (χ1) is 14.8. The molecule has 158 valence electrons. The van der Waals surface area contributed by atoms with Gasteiger partial charge in [0.2, 0.25) is 0 Å². The van der Waals surface area contributed by atoms with Crippen LogP contribution in [-0.2, 0) is 24.4 Å². The van der Waals surface area contributed by atoms with Crippen molar-refractivity contribution in [3.63, 3.8) is 0 Å². The molecule has 1 aliphatic rings. The molecule has 7 heteroatoms. The normalized spacial score (nSPS) is 17.0. The fraction of sp³-hybridized carbons (Fsp3) is 0.348. The van der Waals surface area contributed by atoms with E-state index in [1.165, 1.54) is 5.56 Å². The molecule has 7 nitrogen and oxygen atoms in total. The summed E-state index contributed by atoms with van der Waals surface area (Å²) in [6, 6.07) is 17.6. The lowest BCUT2D eigenvalue weighted by Gasteiger charge is -2.33. The predicted octanol–water partition coefficient (Wildman–Crippen LogP) is 3.49. The van der Waals surface area contributed by atoms with Crippen LogP contribution in [0, 0.1) is 0 Å². The summed E-state index contributed by atoms with van der Waals surface area (Å²) in [5.74, 6) is 1.44. The maximum Gasteiger partial charge on any atom is 0.318 e. The number of rotatable bonds is 8. The van der Waals surface area contributed by atoms with Gasteiger partial charge in [-0.05, 0) is 29.8 Å². The van der Waals surface area contributed by atoms with E-state index in [9.17, 15) is 4.79 Å². The van der Waals surface area contributed by atoms with Crippen LogP contribution >= 0.6 is 0 Å². The van der Waals surface area contributed by atoms with Crippen molar-refractivity contribution < 1.29 is 18.4 Å². The van der Waals surface area contributed by atoms with E-state index in [0.717, 1.165) is 31.2 Å². The molecule has 1 unspecified atom stereocenters. The van der Waals surface area contributed by atoms with E-state index in [1.54, 1.807) is 17.4 Å². The summed E-state index contributed by atoms with van der Waals surface area (Å²) < 4.78 is 16.7. The number of urea groups is 1. The molecule has 1 N–H and O–H groups in total. The Balaban J connectivity index is 1.30. The molecule has 4 rings (SSSR count). The van der Waals surface area contributed by atoms with Crippen molar-refractivity contribution in [3.05, 3.63) is 84.2 Å². The highest BCUT2D eigenvalue weighted by Gasteiger charge is 2.23. The molecule has 0 saturated carbocycles. The van der Waals surface area contributed by atoms with Gasteiger partial charge in [-0.15, -0.1) is 0 Å². The Morgan fingerprint density at radius 2 is 1.70 bits per heavy atom. The van der Waals surface area contributed by atoms with Gasteiger partial charge in [0.05, 0.1) is 38.3 Å². The lowest BCUT2D eigenvalue weighted by molar-refractivity contribution is -0.0291. The second-order valence-electron chi connectivity index (χ2n) is 7.41. The molecule has 3 heterocycles.